The lowest BCUT2D eigenvalue weighted by atomic mass is 9.64. The van der Waals surface area contributed by atoms with Gasteiger partial charge in [0.25, 0.3) is 5.56 Å². The molecule has 19 heavy (non-hydrogen) atoms. The number of aliphatic hydroxyl groups is 1. The van der Waals surface area contributed by atoms with Crippen molar-refractivity contribution in [2.75, 3.05) is 0 Å². The van der Waals surface area contributed by atoms with Crippen LogP contribution in [0.3, 0.4) is 0 Å². The largest absolute Gasteiger partial charge is 0.392 e. The van der Waals surface area contributed by atoms with Crippen LogP contribution in [0.1, 0.15) is 26.1 Å². The molecule has 0 aliphatic heterocycles. The molecule has 1 saturated carbocycles. The summed E-state index contributed by atoms with van der Waals surface area (Å²) in [6.07, 6.45) is 0.495. The van der Waals surface area contributed by atoms with E-state index in [0.29, 0.717) is 17.1 Å². The molecule has 3 N–H and O–H groups in total. The Morgan fingerprint density at radius 2 is 2.42 bits per heavy atom. The summed E-state index contributed by atoms with van der Waals surface area (Å²) in [5.74, 6) is 0.646. The van der Waals surface area contributed by atoms with Crippen LogP contribution in [-0.4, -0.2) is 27.2 Å². The van der Waals surface area contributed by atoms with Crippen LogP contribution in [0, 0.1) is 5.41 Å². The van der Waals surface area contributed by atoms with Crippen molar-refractivity contribution < 1.29 is 5.11 Å². The summed E-state index contributed by atoms with van der Waals surface area (Å²) >= 11 is 1.40. The molecule has 0 saturated heterocycles. The number of fused-ring (bicyclic) bond motifs is 1. The van der Waals surface area contributed by atoms with Crippen LogP contribution >= 0.6 is 11.3 Å². The zero-order valence-corrected chi connectivity index (χ0v) is 11.8. The zero-order valence-electron chi connectivity index (χ0n) is 10.9. The van der Waals surface area contributed by atoms with Crippen molar-refractivity contribution in [1.29, 1.82) is 0 Å². The molecule has 0 bridgehead atoms. The Kier molecular flexibility index (Phi) is 2.96. The van der Waals surface area contributed by atoms with E-state index in [1.807, 2.05) is 25.3 Å². The standard InChI is InChI=1S/C13H17N3O2S/c1-13(2)8(5-9(13)17)14-6-10-15-7-3-4-19-11(7)12(18)16-10/h3-4,8-9,14,17H,5-6H2,1-2H3,(H,15,16,18). The lowest BCUT2D eigenvalue weighted by Crippen LogP contribution is -2.59. The van der Waals surface area contributed by atoms with Gasteiger partial charge in [-0.2, -0.15) is 0 Å². The number of hydrogen-bond donors (Lipinski definition) is 3. The minimum absolute atomic E-state index is 0.0790. The predicted molar refractivity (Wildman–Crippen MR) is 75.3 cm³/mol. The van der Waals surface area contributed by atoms with Gasteiger partial charge in [-0.05, 0) is 17.9 Å². The highest BCUT2D eigenvalue weighted by Gasteiger charge is 2.46. The number of aromatic nitrogens is 2. The fourth-order valence-corrected chi connectivity index (χ4v) is 3.20. The van der Waals surface area contributed by atoms with E-state index in [4.69, 9.17) is 0 Å². The number of aliphatic hydroxyl groups excluding tert-OH is 1. The highest BCUT2D eigenvalue weighted by atomic mass is 32.1. The van der Waals surface area contributed by atoms with Crippen LogP contribution in [0.15, 0.2) is 16.2 Å². The summed E-state index contributed by atoms with van der Waals surface area (Å²) in [5, 5.41) is 14.9. The topological polar surface area (TPSA) is 78.0 Å². The fraction of sp³-hybridized carbons (Fsp3) is 0.538. The van der Waals surface area contributed by atoms with E-state index in [9.17, 15) is 9.90 Å². The zero-order chi connectivity index (χ0) is 13.6. The number of aromatic amines is 1. The van der Waals surface area contributed by atoms with Crippen LogP contribution in [0.25, 0.3) is 10.2 Å². The maximum atomic E-state index is 11.8. The van der Waals surface area contributed by atoms with Gasteiger partial charge in [0, 0.05) is 11.5 Å². The van der Waals surface area contributed by atoms with E-state index in [-0.39, 0.29) is 23.1 Å². The first-order valence-electron chi connectivity index (χ1n) is 6.36. The Balaban J connectivity index is 1.74. The van der Waals surface area contributed by atoms with Gasteiger partial charge in [0.05, 0.1) is 18.2 Å². The van der Waals surface area contributed by atoms with Crippen molar-refractivity contribution >= 4 is 21.6 Å². The van der Waals surface area contributed by atoms with E-state index < -0.39 is 0 Å². The minimum Gasteiger partial charge on any atom is -0.392 e. The molecule has 2 unspecified atom stereocenters. The van der Waals surface area contributed by atoms with Crippen LogP contribution in [-0.2, 0) is 6.54 Å². The van der Waals surface area contributed by atoms with Gasteiger partial charge in [0.15, 0.2) is 0 Å². The highest BCUT2D eigenvalue weighted by molar-refractivity contribution is 7.17. The number of rotatable bonds is 3. The molecule has 102 valence electrons. The van der Waals surface area contributed by atoms with E-state index in [1.165, 1.54) is 11.3 Å². The molecule has 6 heteroatoms. The Bertz CT molecular complexity index is 661. The van der Waals surface area contributed by atoms with Crippen molar-refractivity contribution in [3.05, 3.63) is 27.6 Å². The van der Waals surface area contributed by atoms with Crippen molar-refractivity contribution in [2.24, 2.45) is 5.41 Å². The second-order valence-corrected chi connectivity index (χ2v) is 6.57. The number of hydrogen-bond acceptors (Lipinski definition) is 5. The molecule has 0 aromatic carbocycles. The Morgan fingerprint density at radius 1 is 1.63 bits per heavy atom. The molecule has 0 amide bonds. The average molecular weight is 279 g/mol. The van der Waals surface area contributed by atoms with Crippen LogP contribution in [0.4, 0.5) is 0 Å². The second kappa shape index (κ2) is 4.40. The molecule has 1 aliphatic carbocycles. The molecule has 2 aromatic rings. The van der Waals surface area contributed by atoms with Crippen molar-refractivity contribution in [1.82, 2.24) is 15.3 Å². The Morgan fingerprint density at radius 3 is 3.11 bits per heavy atom. The molecular weight excluding hydrogens is 262 g/mol. The molecule has 2 aromatic heterocycles. The third-order valence-corrected chi connectivity index (χ3v) is 5.00. The predicted octanol–water partition coefficient (Wildman–Crippen LogP) is 1.23. The van der Waals surface area contributed by atoms with E-state index >= 15 is 0 Å². The van der Waals surface area contributed by atoms with Crippen molar-refractivity contribution in [3.63, 3.8) is 0 Å². The number of nitrogens with zero attached hydrogens (tertiary/aromatic N) is 1. The van der Waals surface area contributed by atoms with Gasteiger partial charge in [-0.15, -0.1) is 11.3 Å². The monoisotopic (exact) mass is 279 g/mol. The molecule has 3 rings (SSSR count). The average Bonchev–Trinajstić information content (AvgIpc) is 2.83. The SMILES string of the molecule is CC1(C)C(O)CC1NCc1nc2ccsc2c(=O)[nH]1. The van der Waals surface area contributed by atoms with Crippen molar-refractivity contribution in [2.45, 2.75) is 39.0 Å². The summed E-state index contributed by atoms with van der Waals surface area (Å²) in [4.78, 5) is 19.0. The van der Waals surface area contributed by atoms with Gasteiger partial charge in [0.2, 0.25) is 0 Å². The van der Waals surface area contributed by atoms with Gasteiger partial charge in [-0.1, -0.05) is 13.8 Å². The number of H-pyrrole nitrogens is 1. The van der Waals surface area contributed by atoms with Gasteiger partial charge >= 0.3 is 0 Å². The van der Waals surface area contributed by atoms with E-state index in [1.54, 1.807) is 0 Å². The fourth-order valence-electron chi connectivity index (χ4n) is 2.47. The first-order valence-corrected chi connectivity index (χ1v) is 7.24. The maximum Gasteiger partial charge on any atom is 0.268 e. The number of thiophene rings is 1. The molecule has 2 heterocycles. The number of nitrogens with one attached hydrogen (secondary N) is 2. The molecule has 0 radical (unpaired) electrons. The van der Waals surface area contributed by atoms with Crippen molar-refractivity contribution in [3.8, 4) is 0 Å². The quantitative estimate of drug-likeness (QED) is 0.790. The van der Waals surface area contributed by atoms with Crippen LogP contribution < -0.4 is 10.9 Å². The summed E-state index contributed by atoms with van der Waals surface area (Å²) in [6, 6.07) is 2.11. The lowest BCUT2D eigenvalue weighted by molar-refractivity contribution is -0.0731. The smallest absolute Gasteiger partial charge is 0.268 e. The van der Waals surface area contributed by atoms with Crippen LogP contribution in [0.2, 0.25) is 0 Å². The lowest BCUT2D eigenvalue weighted by Gasteiger charge is -2.49. The summed E-state index contributed by atoms with van der Waals surface area (Å²) < 4.78 is 0.670. The van der Waals surface area contributed by atoms with Gasteiger partial charge in [0.1, 0.15) is 10.5 Å². The van der Waals surface area contributed by atoms with Gasteiger partial charge in [-0.3, -0.25) is 4.79 Å². The van der Waals surface area contributed by atoms with Gasteiger partial charge < -0.3 is 15.4 Å². The first-order chi connectivity index (χ1) is 8.98. The molecule has 2 atom stereocenters. The normalized spacial score (nSPS) is 25.4. The van der Waals surface area contributed by atoms with Crippen LogP contribution in [0.5, 0.6) is 0 Å². The summed E-state index contributed by atoms with van der Waals surface area (Å²) in [7, 11) is 0. The molecule has 0 spiro atoms. The maximum absolute atomic E-state index is 11.8. The van der Waals surface area contributed by atoms with E-state index in [0.717, 1.165) is 11.9 Å². The third-order valence-electron chi connectivity index (χ3n) is 4.10. The van der Waals surface area contributed by atoms with Gasteiger partial charge in [-0.25, -0.2) is 4.98 Å². The second-order valence-electron chi connectivity index (χ2n) is 5.65. The third kappa shape index (κ3) is 2.09. The minimum atomic E-state index is -0.253. The Labute approximate surface area is 114 Å². The molecule has 1 fully saturated rings. The Hall–Kier alpha value is -1.24. The van der Waals surface area contributed by atoms with E-state index in [2.05, 4.69) is 15.3 Å². The summed E-state index contributed by atoms with van der Waals surface area (Å²) in [6.45, 7) is 4.59. The molecular formula is C13H17N3O2S. The molecule has 1 aliphatic rings. The first kappa shape index (κ1) is 12.8. The molecule has 5 nitrogen and oxygen atoms in total. The highest BCUT2D eigenvalue weighted by Crippen LogP contribution is 2.40. The summed E-state index contributed by atoms with van der Waals surface area (Å²) in [5.41, 5.74) is 0.551.